The van der Waals surface area contributed by atoms with Gasteiger partial charge >= 0.3 is 0 Å². The summed E-state index contributed by atoms with van der Waals surface area (Å²) in [6.45, 7) is 6.07. The Balaban J connectivity index is 2.62. The standard InChI is InChI=1S/C12H17ClO3S/c1-9(8-17(13,14)15)7-16-12-10(2)5-4-6-11(12)3/h4-6,9H,7-8H2,1-3H3. The zero-order valence-corrected chi connectivity index (χ0v) is 11.8. The maximum absolute atomic E-state index is 10.9. The van der Waals surface area contributed by atoms with E-state index in [0.29, 0.717) is 6.61 Å². The van der Waals surface area contributed by atoms with Gasteiger partial charge in [0.1, 0.15) is 5.75 Å². The number of para-hydroxylation sites is 1. The van der Waals surface area contributed by atoms with Crippen LogP contribution in [0.5, 0.6) is 5.75 Å². The van der Waals surface area contributed by atoms with Gasteiger partial charge in [-0.3, -0.25) is 0 Å². The molecule has 0 saturated heterocycles. The van der Waals surface area contributed by atoms with Crippen molar-refractivity contribution in [2.75, 3.05) is 12.4 Å². The molecular weight excluding hydrogens is 260 g/mol. The number of halogens is 1. The normalized spacial score (nSPS) is 13.4. The Morgan fingerprint density at radius 3 is 2.29 bits per heavy atom. The van der Waals surface area contributed by atoms with Crippen molar-refractivity contribution in [1.82, 2.24) is 0 Å². The van der Waals surface area contributed by atoms with Gasteiger partial charge in [-0.05, 0) is 25.0 Å². The SMILES string of the molecule is Cc1cccc(C)c1OCC(C)CS(=O)(=O)Cl. The summed E-state index contributed by atoms with van der Waals surface area (Å²) in [6, 6.07) is 5.89. The summed E-state index contributed by atoms with van der Waals surface area (Å²) in [6.07, 6.45) is 0. The third-order valence-corrected chi connectivity index (χ3v) is 3.75. The number of hydrogen-bond acceptors (Lipinski definition) is 3. The quantitative estimate of drug-likeness (QED) is 0.777. The third-order valence-electron chi connectivity index (χ3n) is 2.40. The van der Waals surface area contributed by atoms with E-state index in [2.05, 4.69) is 0 Å². The Bertz CT molecular complexity index is 462. The van der Waals surface area contributed by atoms with Crippen LogP contribution in [0.15, 0.2) is 18.2 Å². The molecule has 1 aromatic rings. The molecule has 1 atom stereocenters. The second-order valence-corrected chi connectivity index (χ2v) is 7.16. The average Bonchev–Trinajstić information content (AvgIpc) is 2.14. The molecule has 1 rings (SSSR count). The van der Waals surface area contributed by atoms with Crippen molar-refractivity contribution in [2.45, 2.75) is 20.8 Å². The molecule has 96 valence electrons. The van der Waals surface area contributed by atoms with Gasteiger partial charge in [0.25, 0.3) is 0 Å². The molecule has 0 fully saturated rings. The molecule has 17 heavy (non-hydrogen) atoms. The molecule has 0 aliphatic heterocycles. The first-order chi connectivity index (χ1) is 7.79. The molecular formula is C12H17ClO3S. The van der Waals surface area contributed by atoms with Crippen LogP contribution < -0.4 is 4.74 Å². The minimum absolute atomic E-state index is 0.0700. The predicted octanol–water partition coefficient (Wildman–Crippen LogP) is 2.89. The number of benzene rings is 1. The Morgan fingerprint density at radius 2 is 1.82 bits per heavy atom. The molecule has 0 spiro atoms. The molecule has 0 aliphatic rings. The summed E-state index contributed by atoms with van der Waals surface area (Å²) in [4.78, 5) is 0. The van der Waals surface area contributed by atoms with Crippen LogP contribution in [0.2, 0.25) is 0 Å². The van der Waals surface area contributed by atoms with Crippen molar-refractivity contribution in [3.63, 3.8) is 0 Å². The van der Waals surface area contributed by atoms with E-state index in [-0.39, 0.29) is 11.7 Å². The van der Waals surface area contributed by atoms with Crippen LogP contribution >= 0.6 is 10.7 Å². The highest BCUT2D eigenvalue weighted by Crippen LogP contribution is 2.23. The lowest BCUT2D eigenvalue weighted by Gasteiger charge is -2.15. The highest BCUT2D eigenvalue weighted by Gasteiger charge is 2.14. The lowest BCUT2D eigenvalue weighted by atomic mass is 10.1. The summed E-state index contributed by atoms with van der Waals surface area (Å²) >= 11 is 0. The fraction of sp³-hybridized carbons (Fsp3) is 0.500. The van der Waals surface area contributed by atoms with Crippen molar-refractivity contribution in [3.05, 3.63) is 29.3 Å². The van der Waals surface area contributed by atoms with Crippen LogP contribution in [0.1, 0.15) is 18.1 Å². The molecule has 1 unspecified atom stereocenters. The minimum atomic E-state index is -3.46. The molecule has 0 aromatic heterocycles. The molecule has 0 saturated carbocycles. The topological polar surface area (TPSA) is 43.4 Å². The molecule has 1 aromatic carbocycles. The Morgan fingerprint density at radius 1 is 1.29 bits per heavy atom. The molecule has 0 aliphatic carbocycles. The van der Waals surface area contributed by atoms with Crippen LogP contribution in [-0.2, 0) is 9.05 Å². The first kappa shape index (κ1) is 14.3. The molecule has 0 heterocycles. The van der Waals surface area contributed by atoms with Gasteiger partial charge < -0.3 is 4.74 Å². The molecule has 0 radical (unpaired) electrons. The summed E-state index contributed by atoms with van der Waals surface area (Å²) in [5.74, 6) is 0.627. The number of hydrogen-bond donors (Lipinski definition) is 0. The minimum Gasteiger partial charge on any atom is -0.493 e. The van der Waals surface area contributed by atoms with Crippen LogP contribution in [0.3, 0.4) is 0 Å². The van der Waals surface area contributed by atoms with Crippen molar-refractivity contribution in [2.24, 2.45) is 5.92 Å². The van der Waals surface area contributed by atoms with E-state index in [1.807, 2.05) is 32.0 Å². The van der Waals surface area contributed by atoms with E-state index in [1.165, 1.54) is 0 Å². The van der Waals surface area contributed by atoms with E-state index in [1.54, 1.807) is 6.92 Å². The summed E-state index contributed by atoms with van der Waals surface area (Å²) in [5.41, 5.74) is 2.09. The largest absolute Gasteiger partial charge is 0.493 e. The van der Waals surface area contributed by atoms with Gasteiger partial charge in [0.15, 0.2) is 0 Å². The van der Waals surface area contributed by atoms with E-state index < -0.39 is 9.05 Å². The van der Waals surface area contributed by atoms with Crippen molar-refractivity contribution in [1.29, 1.82) is 0 Å². The molecule has 0 amide bonds. The Kier molecular flexibility index (Phi) is 4.83. The van der Waals surface area contributed by atoms with Gasteiger partial charge in [-0.1, -0.05) is 25.1 Å². The van der Waals surface area contributed by atoms with Gasteiger partial charge in [0.05, 0.1) is 12.4 Å². The average molecular weight is 277 g/mol. The smallest absolute Gasteiger partial charge is 0.232 e. The van der Waals surface area contributed by atoms with Crippen LogP contribution in [0.4, 0.5) is 0 Å². The van der Waals surface area contributed by atoms with Gasteiger partial charge in [0, 0.05) is 16.6 Å². The van der Waals surface area contributed by atoms with Gasteiger partial charge in [-0.15, -0.1) is 0 Å². The highest BCUT2D eigenvalue weighted by molar-refractivity contribution is 8.13. The highest BCUT2D eigenvalue weighted by atomic mass is 35.7. The monoisotopic (exact) mass is 276 g/mol. The number of ether oxygens (including phenoxy) is 1. The van der Waals surface area contributed by atoms with Gasteiger partial charge in [-0.25, -0.2) is 8.42 Å². The number of rotatable bonds is 5. The fourth-order valence-corrected chi connectivity index (χ4v) is 3.06. The first-order valence-electron chi connectivity index (χ1n) is 5.41. The maximum atomic E-state index is 10.9. The number of aryl methyl sites for hydroxylation is 2. The summed E-state index contributed by atoms with van der Waals surface area (Å²) in [7, 11) is 1.73. The zero-order chi connectivity index (χ0) is 13.1. The Hall–Kier alpha value is -0.740. The van der Waals surface area contributed by atoms with E-state index in [9.17, 15) is 8.42 Å². The second-order valence-electron chi connectivity index (χ2n) is 4.34. The molecule has 0 bridgehead atoms. The third kappa shape index (κ3) is 4.96. The molecule has 0 N–H and O–H groups in total. The molecule has 3 nitrogen and oxygen atoms in total. The lowest BCUT2D eigenvalue weighted by Crippen LogP contribution is -2.17. The molecule has 5 heteroatoms. The first-order valence-corrected chi connectivity index (χ1v) is 7.89. The fourth-order valence-electron chi connectivity index (χ4n) is 1.64. The summed E-state index contributed by atoms with van der Waals surface area (Å²) < 4.78 is 27.4. The van der Waals surface area contributed by atoms with E-state index in [0.717, 1.165) is 16.9 Å². The van der Waals surface area contributed by atoms with E-state index >= 15 is 0 Å². The van der Waals surface area contributed by atoms with Gasteiger partial charge in [-0.2, -0.15) is 0 Å². The van der Waals surface area contributed by atoms with Crippen LogP contribution in [0.25, 0.3) is 0 Å². The van der Waals surface area contributed by atoms with E-state index in [4.69, 9.17) is 15.4 Å². The van der Waals surface area contributed by atoms with Crippen LogP contribution in [0, 0.1) is 19.8 Å². The summed E-state index contributed by atoms with van der Waals surface area (Å²) in [5, 5.41) is 0. The van der Waals surface area contributed by atoms with Crippen molar-refractivity contribution in [3.8, 4) is 5.75 Å². The lowest BCUT2D eigenvalue weighted by molar-refractivity contribution is 0.269. The van der Waals surface area contributed by atoms with Crippen molar-refractivity contribution >= 4 is 19.7 Å². The van der Waals surface area contributed by atoms with Gasteiger partial charge in [0.2, 0.25) is 9.05 Å². The van der Waals surface area contributed by atoms with Crippen molar-refractivity contribution < 1.29 is 13.2 Å². The predicted molar refractivity (Wildman–Crippen MR) is 70.2 cm³/mol. The zero-order valence-electron chi connectivity index (χ0n) is 10.2. The van der Waals surface area contributed by atoms with Crippen LogP contribution in [-0.4, -0.2) is 20.8 Å². The second kappa shape index (κ2) is 5.74. The maximum Gasteiger partial charge on any atom is 0.232 e. The Labute approximate surface area is 107 Å².